The van der Waals surface area contributed by atoms with E-state index in [9.17, 15) is 4.79 Å². The first-order valence-corrected chi connectivity index (χ1v) is 13.4. The first kappa shape index (κ1) is 15.2. The molecule has 0 unspecified atom stereocenters. The first-order valence-electron chi connectivity index (χ1n) is 7.07. The van der Waals surface area contributed by atoms with Crippen LogP contribution in [-0.2, 0) is 4.74 Å². The topological polar surface area (TPSA) is 55.3 Å². The first-order chi connectivity index (χ1) is 9.28. The van der Waals surface area contributed by atoms with Crippen LogP contribution in [0.2, 0.25) is 38.3 Å². The van der Waals surface area contributed by atoms with E-state index in [1.807, 2.05) is 0 Å². The summed E-state index contributed by atoms with van der Waals surface area (Å²) in [5, 5.41) is 0. The summed E-state index contributed by atoms with van der Waals surface area (Å²) in [5.41, 5.74) is 1.07. The molecule has 0 radical (unpaired) electrons. The molecule has 1 fully saturated rings. The highest BCUT2D eigenvalue weighted by Gasteiger charge is 2.47. The van der Waals surface area contributed by atoms with Crippen molar-refractivity contribution >= 4 is 28.1 Å². The van der Waals surface area contributed by atoms with E-state index in [0.29, 0.717) is 6.61 Å². The molecule has 0 saturated carbocycles. The van der Waals surface area contributed by atoms with Crippen LogP contribution in [-0.4, -0.2) is 39.0 Å². The van der Waals surface area contributed by atoms with Crippen molar-refractivity contribution in [1.29, 1.82) is 0 Å². The Morgan fingerprint density at radius 1 is 1.20 bits per heavy atom. The Morgan fingerprint density at radius 2 is 1.70 bits per heavy atom. The van der Waals surface area contributed by atoms with Crippen molar-refractivity contribution in [1.82, 2.24) is 9.97 Å². The molecule has 1 aromatic heterocycles. The molecule has 0 atom stereocenters. The van der Waals surface area contributed by atoms with Gasteiger partial charge in [-0.2, -0.15) is 0 Å². The summed E-state index contributed by atoms with van der Waals surface area (Å²) in [6.07, 6.45) is 3.57. The van der Waals surface area contributed by atoms with Gasteiger partial charge in [-0.3, -0.25) is 0 Å². The van der Waals surface area contributed by atoms with Crippen LogP contribution in [0.4, 0.5) is 5.69 Å². The maximum atomic E-state index is 11.6. The number of anilines is 1. The molecule has 2 heterocycles. The number of esters is 1. The van der Waals surface area contributed by atoms with Gasteiger partial charge < -0.3 is 8.97 Å². The molecule has 1 saturated heterocycles. The number of ether oxygens (including phenoxy) is 1. The maximum Gasteiger partial charge on any atom is 0.376 e. The van der Waals surface area contributed by atoms with Crippen molar-refractivity contribution < 1.29 is 9.53 Å². The minimum absolute atomic E-state index is 0.147. The van der Waals surface area contributed by atoms with Gasteiger partial charge in [-0.25, -0.2) is 14.8 Å². The highest BCUT2D eigenvalue weighted by Crippen LogP contribution is 2.40. The Kier molecular flexibility index (Phi) is 4.01. The molecule has 0 spiro atoms. The molecule has 0 aliphatic carbocycles. The van der Waals surface area contributed by atoms with Crippen LogP contribution in [0.1, 0.15) is 17.5 Å². The molecule has 1 aliphatic rings. The summed E-state index contributed by atoms with van der Waals surface area (Å²) < 4.78 is 7.53. The van der Waals surface area contributed by atoms with Crippen LogP contribution in [0.25, 0.3) is 0 Å². The molecular weight excluding hydrogens is 286 g/mol. The summed E-state index contributed by atoms with van der Waals surface area (Å²) in [4.78, 5) is 20.0. The molecule has 0 N–H and O–H groups in total. The molecule has 0 amide bonds. The summed E-state index contributed by atoms with van der Waals surface area (Å²) in [6.45, 7) is 11.7. The van der Waals surface area contributed by atoms with E-state index in [2.05, 4.69) is 40.4 Å². The van der Waals surface area contributed by atoms with Gasteiger partial charge in [-0.05, 0) is 19.0 Å². The van der Waals surface area contributed by atoms with Crippen LogP contribution >= 0.6 is 0 Å². The lowest BCUT2D eigenvalue weighted by Crippen LogP contribution is -2.55. The molecule has 1 aliphatic heterocycles. The Hall–Kier alpha value is -1.22. The molecule has 20 heavy (non-hydrogen) atoms. The van der Waals surface area contributed by atoms with E-state index < -0.39 is 22.4 Å². The Labute approximate surface area is 122 Å². The number of hydrogen-bond donors (Lipinski definition) is 0. The van der Waals surface area contributed by atoms with Gasteiger partial charge in [0.05, 0.1) is 24.7 Å². The second-order valence-electron chi connectivity index (χ2n) is 6.45. The van der Waals surface area contributed by atoms with E-state index in [-0.39, 0.29) is 5.82 Å². The van der Waals surface area contributed by atoms with Gasteiger partial charge in [-0.15, -0.1) is 0 Å². The van der Waals surface area contributed by atoms with Gasteiger partial charge in [0, 0.05) is 0 Å². The van der Waals surface area contributed by atoms with Crippen LogP contribution in [0.5, 0.6) is 0 Å². The van der Waals surface area contributed by atoms with Gasteiger partial charge >= 0.3 is 5.97 Å². The zero-order chi connectivity index (χ0) is 15.0. The normalized spacial score (nSPS) is 19.9. The zero-order valence-corrected chi connectivity index (χ0v) is 14.9. The third-order valence-electron chi connectivity index (χ3n) is 3.91. The van der Waals surface area contributed by atoms with Gasteiger partial charge in [0.2, 0.25) is 5.82 Å². The minimum Gasteiger partial charge on any atom is -0.460 e. The van der Waals surface area contributed by atoms with E-state index in [4.69, 9.17) is 4.74 Å². The fraction of sp³-hybridized carbons (Fsp3) is 0.615. The lowest BCUT2D eigenvalue weighted by atomic mass is 10.5. The van der Waals surface area contributed by atoms with Crippen LogP contribution in [0, 0.1) is 0 Å². The quantitative estimate of drug-likeness (QED) is 0.635. The number of nitrogens with zero attached hydrogens (tertiary/aromatic N) is 3. The molecule has 0 bridgehead atoms. The number of carbonyl (C=O) groups excluding carboxylic acids is 1. The number of carbonyl (C=O) groups is 1. The standard InChI is InChI=1S/C13H23N3O2Si2/c1-6-18-13(17)12-14-9-11(10-15-12)16-19(2,3)7-8-20(16,4)5/h9-10H,6-8H2,1-5H3. The summed E-state index contributed by atoms with van der Waals surface area (Å²) >= 11 is 0. The second-order valence-corrected chi connectivity index (χ2v) is 16.0. The van der Waals surface area contributed by atoms with Crippen molar-refractivity contribution in [2.75, 3.05) is 10.8 Å². The Bertz CT molecular complexity index is 487. The van der Waals surface area contributed by atoms with Crippen LogP contribution in [0.3, 0.4) is 0 Å². The highest BCUT2D eigenvalue weighted by atomic mass is 28.4. The van der Waals surface area contributed by atoms with Crippen molar-refractivity contribution in [2.24, 2.45) is 0 Å². The highest BCUT2D eigenvalue weighted by molar-refractivity contribution is 7.04. The third kappa shape index (κ3) is 2.78. The largest absolute Gasteiger partial charge is 0.460 e. The van der Waals surface area contributed by atoms with Crippen molar-refractivity contribution in [3.8, 4) is 0 Å². The predicted molar refractivity (Wildman–Crippen MR) is 85.0 cm³/mol. The second kappa shape index (κ2) is 5.29. The van der Waals surface area contributed by atoms with E-state index >= 15 is 0 Å². The van der Waals surface area contributed by atoms with Gasteiger partial charge in [0.1, 0.15) is 16.5 Å². The molecule has 0 aromatic carbocycles. The van der Waals surface area contributed by atoms with Crippen LogP contribution in [0.15, 0.2) is 12.4 Å². The molecule has 1 aromatic rings. The summed E-state index contributed by atoms with van der Waals surface area (Å²) in [7, 11) is -2.81. The fourth-order valence-corrected chi connectivity index (χ4v) is 17.3. The van der Waals surface area contributed by atoms with E-state index in [1.165, 1.54) is 12.1 Å². The minimum atomic E-state index is -1.41. The lowest BCUT2D eigenvalue weighted by Gasteiger charge is -2.40. The summed E-state index contributed by atoms with van der Waals surface area (Å²) in [6, 6.07) is 2.65. The molecule has 7 heteroatoms. The van der Waals surface area contributed by atoms with E-state index in [1.54, 1.807) is 19.3 Å². The van der Waals surface area contributed by atoms with E-state index in [0.717, 1.165) is 5.69 Å². The van der Waals surface area contributed by atoms with Gasteiger partial charge in [0.25, 0.3) is 0 Å². The zero-order valence-electron chi connectivity index (χ0n) is 12.9. The molecule has 2 rings (SSSR count). The maximum absolute atomic E-state index is 11.6. The van der Waals surface area contributed by atoms with Crippen molar-refractivity contribution in [3.05, 3.63) is 18.2 Å². The Balaban J connectivity index is 2.27. The fourth-order valence-electron chi connectivity index (χ4n) is 3.09. The average molecular weight is 310 g/mol. The number of aromatic nitrogens is 2. The predicted octanol–water partition coefficient (Wildman–Crippen LogP) is 2.88. The lowest BCUT2D eigenvalue weighted by molar-refractivity contribution is 0.0512. The monoisotopic (exact) mass is 309 g/mol. The molecular formula is C13H23N3O2Si2. The van der Waals surface area contributed by atoms with Gasteiger partial charge in [-0.1, -0.05) is 26.2 Å². The number of hydrogen-bond acceptors (Lipinski definition) is 5. The summed E-state index contributed by atoms with van der Waals surface area (Å²) in [5.74, 6) is -0.303. The third-order valence-corrected chi connectivity index (χ3v) is 13.9. The smallest absolute Gasteiger partial charge is 0.376 e. The number of rotatable bonds is 3. The average Bonchev–Trinajstić information content (AvgIpc) is 2.59. The van der Waals surface area contributed by atoms with Crippen LogP contribution < -0.4 is 4.23 Å². The Morgan fingerprint density at radius 3 is 2.15 bits per heavy atom. The SMILES string of the molecule is CCOC(=O)c1ncc(N2[Si](C)(C)CC[Si]2(C)C)cn1. The van der Waals surface area contributed by atoms with Gasteiger partial charge in [0.15, 0.2) is 0 Å². The van der Waals surface area contributed by atoms with Crippen molar-refractivity contribution in [3.63, 3.8) is 0 Å². The van der Waals surface area contributed by atoms with Crippen molar-refractivity contribution in [2.45, 2.75) is 45.2 Å². The molecule has 5 nitrogen and oxygen atoms in total. The molecule has 110 valence electrons.